The number of hydrogen-bond acceptors (Lipinski definition) is 13. The Morgan fingerprint density at radius 1 is 0.774 bits per heavy atom. The molecule has 170 valence electrons. The fourth-order valence-electron chi connectivity index (χ4n) is 2.91. The molecule has 1 saturated heterocycles. The highest BCUT2D eigenvalue weighted by Gasteiger charge is 2.53. The topological polar surface area (TPSA) is 178 Å². The summed E-state index contributed by atoms with van der Waals surface area (Å²) in [7, 11) is 0. The van der Waals surface area contributed by atoms with Crippen molar-refractivity contribution in [1.29, 1.82) is 0 Å². The highest BCUT2D eigenvalue weighted by molar-refractivity contribution is 5.69. The van der Waals surface area contributed by atoms with Gasteiger partial charge in [0, 0.05) is 27.7 Å². The SMILES string of the molecule is CC(=O)OC1O[C@H](COc2c(O)c(=O)c2=O)[C@@H](OC(C)=O)[C@H](OC(C)=O)[C@@H]1OC(C)=O. The van der Waals surface area contributed by atoms with Crippen molar-refractivity contribution >= 4 is 23.9 Å². The molecule has 13 nitrogen and oxygen atoms in total. The lowest BCUT2D eigenvalue weighted by Gasteiger charge is -2.43. The van der Waals surface area contributed by atoms with E-state index in [1.165, 1.54) is 0 Å². The molecule has 1 fully saturated rings. The molecule has 0 aliphatic carbocycles. The van der Waals surface area contributed by atoms with Gasteiger partial charge in [0.05, 0.1) is 0 Å². The number of esters is 4. The number of carbonyl (C=O) groups is 4. The van der Waals surface area contributed by atoms with Crippen LogP contribution in [0.15, 0.2) is 9.59 Å². The van der Waals surface area contributed by atoms with E-state index in [4.69, 9.17) is 28.4 Å². The molecule has 31 heavy (non-hydrogen) atoms. The van der Waals surface area contributed by atoms with Crippen LogP contribution in [0.1, 0.15) is 27.7 Å². The van der Waals surface area contributed by atoms with Gasteiger partial charge in [-0.15, -0.1) is 0 Å². The second-order valence-electron chi connectivity index (χ2n) is 6.52. The summed E-state index contributed by atoms with van der Waals surface area (Å²) in [6.45, 7) is 3.57. The average Bonchev–Trinajstić information content (AvgIpc) is 2.65. The van der Waals surface area contributed by atoms with E-state index in [1.54, 1.807) is 0 Å². The zero-order chi connectivity index (χ0) is 23.5. The van der Waals surface area contributed by atoms with E-state index in [2.05, 4.69) is 0 Å². The molecule has 1 N–H and O–H groups in total. The van der Waals surface area contributed by atoms with Crippen molar-refractivity contribution in [2.75, 3.05) is 6.61 Å². The summed E-state index contributed by atoms with van der Waals surface area (Å²) in [4.78, 5) is 68.9. The predicted octanol–water partition coefficient (Wildman–Crippen LogP) is -1.55. The first-order valence-corrected chi connectivity index (χ1v) is 8.91. The van der Waals surface area contributed by atoms with Crippen molar-refractivity contribution in [1.82, 2.24) is 0 Å². The van der Waals surface area contributed by atoms with E-state index >= 15 is 0 Å². The maximum atomic E-state index is 11.6. The van der Waals surface area contributed by atoms with Gasteiger partial charge in [0.25, 0.3) is 10.9 Å². The second kappa shape index (κ2) is 9.55. The summed E-state index contributed by atoms with van der Waals surface area (Å²) in [5, 5.41) is 9.43. The molecule has 1 aliphatic heterocycles. The van der Waals surface area contributed by atoms with E-state index in [9.17, 15) is 33.9 Å². The minimum Gasteiger partial charge on any atom is -0.501 e. The van der Waals surface area contributed by atoms with Crippen LogP contribution in [0.5, 0.6) is 11.5 Å². The normalized spacial score (nSPS) is 25.4. The van der Waals surface area contributed by atoms with Crippen molar-refractivity contribution in [3.05, 3.63) is 20.4 Å². The standard InChI is InChI=1S/C18H20O13/c1-6(19)27-14-10(5-26-15-12(24)11(23)13(15)25)31-18(30-9(4)22)17(29-8(3)21)16(14)28-7(2)20/h10,14,16-18,24H,5H2,1-4H3/t10-,14-,16+,17+,18?/m1/s1. The van der Waals surface area contributed by atoms with Crippen LogP contribution in [0.25, 0.3) is 0 Å². The number of carbonyl (C=O) groups excluding carboxylic acids is 4. The molecular weight excluding hydrogens is 424 g/mol. The maximum absolute atomic E-state index is 11.6. The molecule has 0 spiro atoms. The molecule has 1 aliphatic rings. The van der Waals surface area contributed by atoms with Crippen LogP contribution in [0.3, 0.4) is 0 Å². The molecule has 0 radical (unpaired) electrons. The van der Waals surface area contributed by atoms with Crippen molar-refractivity contribution in [2.45, 2.75) is 58.4 Å². The summed E-state index contributed by atoms with van der Waals surface area (Å²) in [6, 6.07) is 0. The third-order valence-corrected chi connectivity index (χ3v) is 4.01. The summed E-state index contributed by atoms with van der Waals surface area (Å²) < 4.78 is 31.0. The Morgan fingerprint density at radius 3 is 1.74 bits per heavy atom. The van der Waals surface area contributed by atoms with Crippen LogP contribution in [0, 0.1) is 0 Å². The molecule has 0 aromatic heterocycles. The van der Waals surface area contributed by atoms with Gasteiger partial charge in [-0.2, -0.15) is 0 Å². The minimum atomic E-state index is -1.60. The Hall–Kier alpha value is -3.48. The van der Waals surface area contributed by atoms with Gasteiger partial charge in [-0.3, -0.25) is 28.8 Å². The Morgan fingerprint density at radius 2 is 1.26 bits per heavy atom. The quantitative estimate of drug-likeness (QED) is 0.290. The average molecular weight is 444 g/mol. The summed E-state index contributed by atoms with van der Waals surface area (Å²) >= 11 is 0. The van der Waals surface area contributed by atoms with Crippen LogP contribution < -0.4 is 15.6 Å². The first kappa shape index (κ1) is 23.8. The van der Waals surface area contributed by atoms with E-state index in [-0.39, 0.29) is 0 Å². The summed E-state index contributed by atoms with van der Waals surface area (Å²) in [5.41, 5.74) is -2.22. The molecule has 5 atom stereocenters. The maximum Gasteiger partial charge on any atom is 0.305 e. The van der Waals surface area contributed by atoms with E-state index in [0.29, 0.717) is 0 Å². The molecule has 0 bridgehead atoms. The summed E-state index contributed by atoms with van der Waals surface area (Å²) in [5.74, 6) is -4.88. The number of rotatable bonds is 7. The van der Waals surface area contributed by atoms with Crippen LogP contribution in [-0.2, 0) is 42.9 Å². The van der Waals surface area contributed by atoms with E-state index < -0.39 is 83.5 Å². The first-order chi connectivity index (χ1) is 14.4. The molecule has 1 aromatic carbocycles. The highest BCUT2D eigenvalue weighted by atomic mass is 16.7. The molecule has 0 amide bonds. The van der Waals surface area contributed by atoms with Crippen LogP contribution in [0.4, 0.5) is 0 Å². The van der Waals surface area contributed by atoms with Gasteiger partial charge in [-0.05, 0) is 0 Å². The fraction of sp³-hybridized carbons (Fsp3) is 0.556. The van der Waals surface area contributed by atoms with Gasteiger partial charge >= 0.3 is 23.9 Å². The Labute approximate surface area is 174 Å². The van der Waals surface area contributed by atoms with Gasteiger partial charge in [0.1, 0.15) is 12.7 Å². The van der Waals surface area contributed by atoms with Crippen molar-refractivity contribution in [2.24, 2.45) is 0 Å². The molecule has 0 saturated carbocycles. The van der Waals surface area contributed by atoms with Gasteiger partial charge < -0.3 is 33.5 Å². The predicted molar refractivity (Wildman–Crippen MR) is 95.6 cm³/mol. The Kier molecular flexibility index (Phi) is 7.33. The Balaban J connectivity index is 2.40. The first-order valence-electron chi connectivity index (χ1n) is 8.91. The second-order valence-corrected chi connectivity index (χ2v) is 6.52. The lowest BCUT2D eigenvalue weighted by Crippen LogP contribution is -2.63. The zero-order valence-electron chi connectivity index (χ0n) is 16.9. The zero-order valence-corrected chi connectivity index (χ0v) is 16.9. The van der Waals surface area contributed by atoms with Crippen LogP contribution >= 0.6 is 0 Å². The minimum absolute atomic E-state index is 0.599. The molecule has 2 rings (SSSR count). The van der Waals surface area contributed by atoms with E-state index in [0.717, 1.165) is 27.7 Å². The van der Waals surface area contributed by atoms with Crippen molar-refractivity contribution in [3.8, 4) is 11.5 Å². The number of hydrogen-bond donors (Lipinski definition) is 1. The molecule has 1 unspecified atom stereocenters. The molecular formula is C18H20O13. The third kappa shape index (κ3) is 5.57. The fourth-order valence-corrected chi connectivity index (χ4v) is 2.91. The van der Waals surface area contributed by atoms with Crippen molar-refractivity contribution < 1.29 is 52.7 Å². The van der Waals surface area contributed by atoms with Crippen molar-refractivity contribution in [3.63, 3.8) is 0 Å². The largest absolute Gasteiger partial charge is 0.501 e. The van der Waals surface area contributed by atoms with E-state index in [1.807, 2.05) is 0 Å². The number of aromatic hydroxyl groups is 1. The highest BCUT2D eigenvalue weighted by Crippen LogP contribution is 2.30. The van der Waals surface area contributed by atoms with Gasteiger partial charge in [-0.1, -0.05) is 0 Å². The Bertz CT molecular complexity index is 941. The monoisotopic (exact) mass is 444 g/mol. The van der Waals surface area contributed by atoms with Crippen LogP contribution in [0.2, 0.25) is 0 Å². The molecule has 1 aromatic rings. The lowest BCUT2D eigenvalue weighted by atomic mass is 9.98. The molecule has 13 heteroatoms. The third-order valence-electron chi connectivity index (χ3n) is 4.01. The summed E-state index contributed by atoms with van der Waals surface area (Å²) in [6.07, 6.45) is -7.38. The smallest absolute Gasteiger partial charge is 0.305 e. The lowest BCUT2D eigenvalue weighted by molar-refractivity contribution is -0.298. The van der Waals surface area contributed by atoms with Gasteiger partial charge in [0.2, 0.25) is 23.9 Å². The van der Waals surface area contributed by atoms with Gasteiger partial charge in [0.15, 0.2) is 12.2 Å². The number of ether oxygens (including phenoxy) is 6. The van der Waals surface area contributed by atoms with Gasteiger partial charge in [-0.25, -0.2) is 0 Å². The van der Waals surface area contributed by atoms with Crippen LogP contribution in [-0.4, -0.2) is 66.3 Å². The molecule has 1 heterocycles.